The van der Waals surface area contributed by atoms with Crippen molar-refractivity contribution in [2.45, 2.75) is 51.1 Å². The van der Waals surface area contributed by atoms with Crippen molar-refractivity contribution >= 4 is 17.6 Å². The number of carbonyl (C=O) groups excluding carboxylic acids is 1. The zero-order valence-electron chi connectivity index (χ0n) is 21.0. The fraction of sp³-hybridized carbons (Fsp3) is 0.393. The molecular weight excluding hydrogens is 481 g/mol. The average molecular weight is 513 g/mol. The quantitative estimate of drug-likeness (QED) is 0.388. The van der Waals surface area contributed by atoms with Crippen molar-refractivity contribution < 1.29 is 22.7 Å². The van der Waals surface area contributed by atoms with Gasteiger partial charge in [-0.25, -0.2) is 9.97 Å². The van der Waals surface area contributed by atoms with E-state index < -0.39 is 17.7 Å². The van der Waals surface area contributed by atoms with Crippen molar-refractivity contribution in [2.75, 3.05) is 25.5 Å². The summed E-state index contributed by atoms with van der Waals surface area (Å²) in [6, 6.07) is 13.3. The summed E-state index contributed by atoms with van der Waals surface area (Å²) < 4.78 is 46.0. The van der Waals surface area contributed by atoms with Crippen LogP contribution in [-0.4, -0.2) is 36.1 Å². The molecule has 1 fully saturated rings. The van der Waals surface area contributed by atoms with E-state index in [-0.39, 0.29) is 30.9 Å². The average Bonchev–Trinajstić information content (AvgIpc) is 2.89. The summed E-state index contributed by atoms with van der Waals surface area (Å²) in [6.07, 6.45) is -1.19. The Bertz CT molecular complexity index is 1240. The minimum Gasteiger partial charge on any atom is -0.469 e. The Hall–Kier alpha value is -3.46. The fourth-order valence-electron chi connectivity index (χ4n) is 4.72. The molecule has 0 saturated carbocycles. The van der Waals surface area contributed by atoms with Gasteiger partial charge in [0, 0.05) is 11.9 Å². The van der Waals surface area contributed by atoms with E-state index in [4.69, 9.17) is 4.74 Å². The predicted octanol–water partition coefficient (Wildman–Crippen LogP) is 5.52. The molecule has 1 aliphatic rings. The van der Waals surface area contributed by atoms with Crippen LogP contribution in [-0.2, 0) is 35.0 Å². The third-order valence-corrected chi connectivity index (χ3v) is 6.79. The van der Waals surface area contributed by atoms with Gasteiger partial charge in [-0.1, -0.05) is 36.4 Å². The van der Waals surface area contributed by atoms with E-state index in [0.29, 0.717) is 5.92 Å². The first-order valence-electron chi connectivity index (χ1n) is 12.4. The Morgan fingerprint density at radius 1 is 1.11 bits per heavy atom. The lowest BCUT2D eigenvalue weighted by Crippen LogP contribution is -2.26. The highest BCUT2D eigenvalue weighted by atomic mass is 19.4. The maximum atomic E-state index is 13.7. The number of anilines is 2. The predicted molar refractivity (Wildman–Crippen MR) is 136 cm³/mol. The number of carbonyl (C=O) groups is 1. The number of rotatable bonds is 8. The van der Waals surface area contributed by atoms with Gasteiger partial charge in [0.05, 0.1) is 24.8 Å². The summed E-state index contributed by atoms with van der Waals surface area (Å²) in [4.78, 5) is 20.0. The minimum absolute atomic E-state index is 0.0395. The standard InChI is InChI=1S/C28H31F3N4O2/c1-18-15-22(20-11-13-32-14-12-20)8-9-24(18)34-27-33-17-23(28(29,30)31)25(35-27)10-7-19-5-3-4-6-21(19)16-26(36)37-2/h3-6,8-9,15,17,20,32H,7,10-14,16H2,1-2H3,(H,33,34,35). The van der Waals surface area contributed by atoms with Crippen LogP contribution < -0.4 is 10.6 Å². The molecule has 0 aliphatic carbocycles. The lowest BCUT2D eigenvalue weighted by atomic mass is 9.89. The summed E-state index contributed by atoms with van der Waals surface area (Å²) in [6.45, 7) is 3.97. The molecule has 0 atom stereocenters. The van der Waals surface area contributed by atoms with E-state index >= 15 is 0 Å². The number of nitrogens with zero attached hydrogens (tertiary/aromatic N) is 2. The number of aromatic nitrogens is 2. The van der Waals surface area contributed by atoms with Crippen LogP contribution in [0.1, 0.15) is 52.3 Å². The Labute approximate surface area is 214 Å². The smallest absolute Gasteiger partial charge is 0.419 e. The second-order valence-electron chi connectivity index (χ2n) is 9.30. The Kier molecular flexibility index (Phi) is 8.43. The summed E-state index contributed by atoms with van der Waals surface area (Å²) in [7, 11) is 1.30. The van der Waals surface area contributed by atoms with E-state index in [0.717, 1.165) is 54.5 Å². The molecule has 2 aromatic carbocycles. The SMILES string of the molecule is COC(=O)Cc1ccccc1CCc1nc(Nc2ccc(C3CCNCC3)cc2C)ncc1C(F)(F)F. The van der Waals surface area contributed by atoms with Crippen LogP contribution in [0.2, 0.25) is 0 Å². The van der Waals surface area contributed by atoms with Gasteiger partial charge >= 0.3 is 12.1 Å². The molecule has 0 radical (unpaired) electrons. The largest absolute Gasteiger partial charge is 0.469 e. The molecule has 0 spiro atoms. The van der Waals surface area contributed by atoms with Gasteiger partial charge in [0.15, 0.2) is 0 Å². The highest BCUT2D eigenvalue weighted by molar-refractivity contribution is 5.72. The molecule has 3 aromatic rings. The van der Waals surface area contributed by atoms with Crippen LogP contribution >= 0.6 is 0 Å². The summed E-state index contributed by atoms with van der Waals surface area (Å²) >= 11 is 0. The van der Waals surface area contributed by atoms with Crippen LogP contribution in [0.25, 0.3) is 0 Å². The number of halogens is 3. The number of esters is 1. The number of aryl methyl sites for hydroxylation is 3. The third kappa shape index (κ3) is 6.85. The molecule has 196 valence electrons. The van der Waals surface area contributed by atoms with Crippen LogP contribution in [0.5, 0.6) is 0 Å². The highest BCUT2D eigenvalue weighted by Gasteiger charge is 2.35. The van der Waals surface area contributed by atoms with E-state index in [1.54, 1.807) is 24.3 Å². The molecule has 0 unspecified atom stereocenters. The molecule has 37 heavy (non-hydrogen) atoms. The number of alkyl halides is 3. The van der Waals surface area contributed by atoms with Gasteiger partial charge in [-0.3, -0.25) is 4.79 Å². The zero-order valence-corrected chi connectivity index (χ0v) is 21.0. The molecule has 4 rings (SSSR count). The molecule has 6 nitrogen and oxygen atoms in total. The molecule has 0 amide bonds. The van der Waals surface area contributed by atoms with Crippen molar-refractivity contribution in [1.29, 1.82) is 0 Å². The van der Waals surface area contributed by atoms with E-state index in [1.165, 1.54) is 12.7 Å². The van der Waals surface area contributed by atoms with Gasteiger partial charge in [0.25, 0.3) is 0 Å². The third-order valence-electron chi connectivity index (χ3n) is 6.79. The van der Waals surface area contributed by atoms with Gasteiger partial charge in [-0.05, 0) is 79.9 Å². The fourth-order valence-corrected chi connectivity index (χ4v) is 4.72. The summed E-state index contributed by atoms with van der Waals surface area (Å²) in [5, 5.41) is 6.47. The molecule has 1 aromatic heterocycles. The van der Waals surface area contributed by atoms with Crippen molar-refractivity contribution in [3.63, 3.8) is 0 Å². The maximum absolute atomic E-state index is 13.7. The number of ether oxygens (including phenoxy) is 1. The molecule has 2 heterocycles. The monoisotopic (exact) mass is 512 g/mol. The molecule has 0 bridgehead atoms. The number of hydrogen-bond donors (Lipinski definition) is 2. The minimum atomic E-state index is -4.58. The Balaban J connectivity index is 1.55. The molecular formula is C28H31F3N4O2. The molecule has 9 heteroatoms. The van der Waals surface area contributed by atoms with Gasteiger partial charge in [0.1, 0.15) is 0 Å². The van der Waals surface area contributed by atoms with Gasteiger partial charge in [-0.15, -0.1) is 0 Å². The van der Waals surface area contributed by atoms with E-state index in [1.807, 2.05) is 13.0 Å². The number of methoxy groups -OCH3 is 1. The lowest BCUT2D eigenvalue weighted by Gasteiger charge is -2.23. The second kappa shape index (κ2) is 11.7. The lowest BCUT2D eigenvalue weighted by molar-refractivity contribution is -0.140. The van der Waals surface area contributed by atoms with E-state index in [9.17, 15) is 18.0 Å². The summed E-state index contributed by atoms with van der Waals surface area (Å²) in [5.41, 5.74) is 3.55. The number of piperidine rings is 1. The second-order valence-corrected chi connectivity index (χ2v) is 9.30. The normalized spacial score (nSPS) is 14.4. The van der Waals surface area contributed by atoms with Crippen molar-refractivity contribution in [3.05, 3.63) is 82.2 Å². The van der Waals surface area contributed by atoms with Gasteiger partial charge in [0.2, 0.25) is 5.95 Å². The first kappa shape index (κ1) is 26.6. The molecule has 2 N–H and O–H groups in total. The number of nitrogens with one attached hydrogen (secondary N) is 2. The number of benzene rings is 2. The van der Waals surface area contributed by atoms with Crippen LogP contribution in [0.15, 0.2) is 48.7 Å². The van der Waals surface area contributed by atoms with Crippen molar-refractivity contribution in [2.24, 2.45) is 0 Å². The van der Waals surface area contributed by atoms with Crippen molar-refractivity contribution in [1.82, 2.24) is 15.3 Å². The van der Waals surface area contributed by atoms with Crippen LogP contribution in [0.4, 0.5) is 24.8 Å². The van der Waals surface area contributed by atoms with Crippen LogP contribution in [0.3, 0.4) is 0 Å². The number of hydrogen-bond acceptors (Lipinski definition) is 6. The first-order valence-corrected chi connectivity index (χ1v) is 12.4. The highest BCUT2D eigenvalue weighted by Crippen LogP contribution is 2.33. The van der Waals surface area contributed by atoms with Gasteiger partial charge < -0.3 is 15.4 Å². The van der Waals surface area contributed by atoms with Crippen molar-refractivity contribution in [3.8, 4) is 0 Å². The Morgan fingerprint density at radius 3 is 2.51 bits per heavy atom. The maximum Gasteiger partial charge on any atom is 0.419 e. The van der Waals surface area contributed by atoms with Gasteiger partial charge in [-0.2, -0.15) is 13.2 Å². The first-order chi connectivity index (χ1) is 17.7. The topological polar surface area (TPSA) is 76.1 Å². The molecule has 1 aliphatic heterocycles. The molecule has 1 saturated heterocycles. The Morgan fingerprint density at radius 2 is 1.84 bits per heavy atom. The zero-order chi connectivity index (χ0) is 26.4. The summed E-state index contributed by atoms with van der Waals surface area (Å²) in [5.74, 6) is 0.215. The van der Waals surface area contributed by atoms with Crippen LogP contribution in [0, 0.1) is 6.92 Å². The van der Waals surface area contributed by atoms with E-state index in [2.05, 4.69) is 32.7 Å².